The lowest BCUT2D eigenvalue weighted by Crippen LogP contribution is -2.04. The van der Waals surface area contributed by atoms with Gasteiger partial charge in [-0.3, -0.25) is 13.3 Å². The Morgan fingerprint density at radius 1 is 0.960 bits per heavy atom. The molecule has 0 saturated carbocycles. The molecule has 0 aliphatic rings. The molecule has 0 radical (unpaired) electrons. The quantitative estimate of drug-likeness (QED) is 0.709. The van der Waals surface area contributed by atoms with E-state index in [9.17, 15) is 13.3 Å². The van der Waals surface area contributed by atoms with Gasteiger partial charge >= 0.3 is 0 Å². The number of aryl methyl sites for hydroxylation is 1. The van der Waals surface area contributed by atoms with E-state index in [-0.39, 0.29) is 0 Å². The summed E-state index contributed by atoms with van der Waals surface area (Å²) in [4.78, 5) is 1.44. The van der Waals surface area contributed by atoms with E-state index in [0.29, 0.717) is 25.9 Å². The van der Waals surface area contributed by atoms with Crippen molar-refractivity contribution in [3.05, 3.63) is 66.4 Å². The molecule has 1 atom stereocenters. The number of hydrogen-bond donors (Lipinski definition) is 2. The van der Waals surface area contributed by atoms with E-state index in [1.165, 1.54) is 6.20 Å². The molecule has 2 aromatic carbocycles. The number of nitrogens with zero attached hydrogens (tertiary/aromatic N) is 2. The van der Waals surface area contributed by atoms with Crippen LogP contribution >= 0.6 is 10.6 Å². The number of rotatable bonds is 4. The van der Waals surface area contributed by atoms with E-state index >= 15 is 0 Å². The van der Waals surface area contributed by atoms with Gasteiger partial charge in [-0.2, -0.15) is 5.10 Å². The topological polar surface area (TPSA) is 83.3 Å². The van der Waals surface area contributed by atoms with Crippen LogP contribution in [0, 0.1) is 6.92 Å². The Labute approximate surface area is 150 Å². The summed E-state index contributed by atoms with van der Waals surface area (Å²) in [5.41, 5.74) is 2.12. The first kappa shape index (κ1) is 17.8. The molecule has 1 heterocycles. The van der Waals surface area contributed by atoms with Crippen LogP contribution < -0.4 is 0 Å². The molecule has 2 N–H and O–H groups in total. The Bertz CT molecular complexity index is 910. The normalized spacial score (nSPS) is 13.4. The van der Waals surface area contributed by atoms with Crippen LogP contribution in [0.2, 0.25) is 0 Å². The molecule has 3 aromatic rings. The Morgan fingerprint density at radius 2 is 1.60 bits per heavy atom. The fourth-order valence-corrected chi connectivity index (χ4v) is 4.38. The second-order valence-corrected chi connectivity index (χ2v) is 8.97. The lowest BCUT2D eigenvalue weighted by Gasteiger charge is -2.33. The second-order valence-electron chi connectivity index (χ2n) is 5.58. The lowest BCUT2D eigenvalue weighted by atomic mass is 10.1. The van der Waals surface area contributed by atoms with Gasteiger partial charge in [0.2, 0.25) is 0 Å². The summed E-state index contributed by atoms with van der Waals surface area (Å²) in [6, 6.07) is 15.7. The molecule has 25 heavy (non-hydrogen) atoms. The third-order valence-electron chi connectivity index (χ3n) is 3.80. The summed E-state index contributed by atoms with van der Waals surface area (Å²) < 4.78 is 33.3. The number of benzene rings is 2. The van der Waals surface area contributed by atoms with Gasteiger partial charge in [0.25, 0.3) is 0 Å². The second kappa shape index (κ2) is 7.05. The largest absolute Gasteiger partial charge is 0.290 e. The van der Waals surface area contributed by atoms with Crippen LogP contribution in [0.1, 0.15) is 5.56 Å². The Morgan fingerprint density at radius 3 is 2.20 bits per heavy atom. The van der Waals surface area contributed by atoms with Crippen LogP contribution in [0.5, 0.6) is 0 Å². The van der Waals surface area contributed by atoms with Crippen molar-refractivity contribution in [2.45, 2.75) is 21.6 Å². The molecular weight excluding hydrogens is 356 g/mol. The van der Waals surface area contributed by atoms with Gasteiger partial charge in [0.1, 0.15) is 5.69 Å². The molecular formula is C18H18N2O3S2. The van der Waals surface area contributed by atoms with Gasteiger partial charge in [-0.05, 0) is 37.3 Å². The summed E-state index contributed by atoms with van der Waals surface area (Å²) in [6.45, 7) is 1.94. The highest BCUT2D eigenvalue weighted by Gasteiger charge is 2.24. The van der Waals surface area contributed by atoms with Crippen LogP contribution in [0.3, 0.4) is 0 Å². The molecule has 0 aliphatic heterocycles. The first-order chi connectivity index (χ1) is 11.9. The van der Waals surface area contributed by atoms with Gasteiger partial charge in [-0.25, -0.2) is 0 Å². The Hall–Kier alpha value is -2.06. The first-order valence-electron chi connectivity index (χ1n) is 7.50. The molecule has 1 unspecified atom stereocenters. The van der Waals surface area contributed by atoms with Gasteiger partial charge in [-0.1, -0.05) is 29.8 Å². The zero-order chi connectivity index (χ0) is 18.0. The zero-order valence-corrected chi connectivity index (χ0v) is 15.4. The van der Waals surface area contributed by atoms with E-state index in [0.717, 1.165) is 5.56 Å². The minimum atomic E-state index is -3.22. The molecule has 0 aliphatic carbocycles. The SMILES string of the molecule is Cc1ccc(S(O)(O)c2ccnnc2-c2ccc(S(C)=O)cc2)cc1. The fraction of sp³-hybridized carbons (Fsp3) is 0.111. The average Bonchev–Trinajstić information content (AvgIpc) is 2.62. The van der Waals surface area contributed by atoms with Gasteiger partial charge in [-0.15, -0.1) is 15.7 Å². The van der Waals surface area contributed by atoms with Crippen LogP contribution in [-0.4, -0.2) is 29.8 Å². The number of aromatic nitrogens is 2. The minimum absolute atomic E-state index is 0.316. The molecule has 0 bridgehead atoms. The van der Waals surface area contributed by atoms with E-state index in [1.807, 2.05) is 19.1 Å². The van der Waals surface area contributed by atoms with Crippen molar-refractivity contribution >= 4 is 21.4 Å². The standard InChI is InChI=1S/C18H18N2O3S2/c1-13-3-9-16(10-4-13)25(22,23)17-11-12-19-20-18(17)14-5-7-15(8-6-14)24(2)21/h3-12,22-23H,1-2H3. The van der Waals surface area contributed by atoms with Gasteiger partial charge in [0.15, 0.2) is 0 Å². The van der Waals surface area contributed by atoms with Crippen molar-refractivity contribution in [1.82, 2.24) is 10.2 Å². The molecule has 7 heteroatoms. The van der Waals surface area contributed by atoms with Crippen LogP contribution in [0.15, 0.2) is 75.5 Å². The van der Waals surface area contributed by atoms with Crippen LogP contribution in [0.25, 0.3) is 11.3 Å². The van der Waals surface area contributed by atoms with Crippen molar-refractivity contribution in [1.29, 1.82) is 0 Å². The van der Waals surface area contributed by atoms with E-state index in [1.54, 1.807) is 48.7 Å². The monoisotopic (exact) mass is 374 g/mol. The summed E-state index contributed by atoms with van der Waals surface area (Å²) in [6.07, 6.45) is 3.05. The molecule has 0 spiro atoms. The highest BCUT2D eigenvalue weighted by Crippen LogP contribution is 2.57. The third-order valence-corrected chi connectivity index (χ3v) is 6.61. The maximum atomic E-state index is 11.5. The van der Waals surface area contributed by atoms with Crippen molar-refractivity contribution < 1.29 is 13.3 Å². The van der Waals surface area contributed by atoms with Crippen LogP contribution in [-0.2, 0) is 10.8 Å². The highest BCUT2D eigenvalue weighted by atomic mass is 32.3. The summed E-state index contributed by atoms with van der Waals surface area (Å²) in [7, 11) is -4.30. The molecule has 3 rings (SSSR count). The van der Waals surface area contributed by atoms with Gasteiger partial charge in [0.05, 0.1) is 16.0 Å². The Balaban J connectivity index is 2.09. The molecule has 0 amide bonds. The smallest absolute Gasteiger partial charge is 0.116 e. The molecule has 130 valence electrons. The molecule has 5 nitrogen and oxygen atoms in total. The fourth-order valence-electron chi connectivity index (χ4n) is 2.41. The molecule has 0 fully saturated rings. The number of hydrogen-bond acceptors (Lipinski definition) is 5. The van der Waals surface area contributed by atoms with E-state index < -0.39 is 21.4 Å². The highest BCUT2D eigenvalue weighted by molar-refractivity contribution is 8.24. The van der Waals surface area contributed by atoms with E-state index in [4.69, 9.17) is 0 Å². The van der Waals surface area contributed by atoms with Gasteiger partial charge in [0, 0.05) is 27.5 Å². The molecule has 0 saturated heterocycles. The van der Waals surface area contributed by atoms with Crippen molar-refractivity contribution in [2.24, 2.45) is 0 Å². The summed E-state index contributed by atoms with van der Waals surface area (Å²) >= 11 is 0. The predicted octanol–water partition coefficient (Wildman–Crippen LogP) is 4.36. The molecule has 1 aromatic heterocycles. The maximum Gasteiger partial charge on any atom is 0.116 e. The van der Waals surface area contributed by atoms with Crippen molar-refractivity contribution in [3.8, 4) is 11.3 Å². The van der Waals surface area contributed by atoms with E-state index in [2.05, 4.69) is 10.2 Å². The maximum absolute atomic E-state index is 11.5. The average molecular weight is 374 g/mol. The van der Waals surface area contributed by atoms with Crippen molar-refractivity contribution in [2.75, 3.05) is 6.26 Å². The zero-order valence-electron chi connectivity index (χ0n) is 13.8. The lowest BCUT2D eigenvalue weighted by molar-refractivity contribution is 0.486. The van der Waals surface area contributed by atoms with Gasteiger partial charge < -0.3 is 0 Å². The van der Waals surface area contributed by atoms with Crippen molar-refractivity contribution in [3.63, 3.8) is 0 Å². The minimum Gasteiger partial charge on any atom is -0.290 e. The Kier molecular flexibility index (Phi) is 5.01. The predicted molar refractivity (Wildman–Crippen MR) is 100 cm³/mol. The summed E-state index contributed by atoms with van der Waals surface area (Å²) in [5.74, 6) is 0. The summed E-state index contributed by atoms with van der Waals surface area (Å²) in [5, 5.41) is 7.99. The van der Waals surface area contributed by atoms with Crippen LogP contribution in [0.4, 0.5) is 0 Å². The third kappa shape index (κ3) is 3.64. The first-order valence-corrected chi connectivity index (χ1v) is 10.6.